The summed E-state index contributed by atoms with van der Waals surface area (Å²) < 4.78 is 38.2. The van der Waals surface area contributed by atoms with Gasteiger partial charge in [-0.25, -0.2) is 8.42 Å². The van der Waals surface area contributed by atoms with Crippen LogP contribution in [0.4, 0.5) is 5.69 Å². The second-order valence-electron chi connectivity index (χ2n) is 4.97. The monoisotopic (exact) mass is 364 g/mol. The summed E-state index contributed by atoms with van der Waals surface area (Å²) in [4.78, 5) is 11.2. The molecule has 0 saturated carbocycles. The molecule has 0 aliphatic carbocycles. The van der Waals surface area contributed by atoms with Crippen molar-refractivity contribution in [1.29, 1.82) is 0 Å². The fourth-order valence-electron chi connectivity index (χ4n) is 1.97. The predicted molar refractivity (Wildman–Crippen MR) is 94.4 cm³/mol. The Hall–Kier alpha value is -2.74. The Kier molecular flexibility index (Phi) is 6.24. The van der Waals surface area contributed by atoms with Crippen LogP contribution in [0.5, 0.6) is 11.5 Å². The van der Waals surface area contributed by atoms with Gasteiger partial charge < -0.3 is 14.8 Å². The molecular formula is C17H20N2O5S. The molecule has 0 atom stereocenters. The van der Waals surface area contributed by atoms with Crippen molar-refractivity contribution in [2.24, 2.45) is 0 Å². The van der Waals surface area contributed by atoms with Crippen molar-refractivity contribution in [3.63, 3.8) is 0 Å². The van der Waals surface area contributed by atoms with Crippen molar-refractivity contribution in [1.82, 2.24) is 5.32 Å². The maximum absolute atomic E-state index is 12.5. The molecule has 0 unspecified atom stereocenters. The Labute approximate surface area is 147 Å². The lowest BCUT2D eigenvalue weighted by molar-refractivity contribution is -0.122. The zero-order valence-electron chi connectivity index (χ0n) is 14.0. The summed E-state index contributed by atoms with van der Waals surface area (Å²) in [5.74, 6) is 0.585. The zero-order valence-corrected chi connectivity index (χ0v) is 14.8. The molecule has 0 aliphatic rings. The first-order valence-corrected chi connectivity index (χ1v) is 9.12. The number of anilines is 1. The third kappa shape index (κ3) is 5.12. The smallest absolute Gasteiger partial charge is 0.262 e. The van der Waals surface area contributed by atoms with Crippen LogP contribution in [-0.2, 0) is 14.8 Å². The summed E-state index contributed by atoms with van der Waals surface area (Å²) in [5, 5.41) is 2.43. The summed E-state index contributed by atoms with van der Waals surface area (Å²) in [6.45, 7) is 2.11. The van der Waals surface area contributed by atoms with Gasteiger partial charge in [0.15, 0.2) is 6.61 Å². The molecule has 2 rings (SSSR count). The van der Waals surface area contributed by atoms with Crippen LogP contribution >= 0.6 is 0 Å². The number of ether oxygens (including phenoxy) is 2. The number of hydrogen-bond donors (Lipinski definition) is 2. The molecule has 8 heteroatoms. The normalized spacial score (nSPS) is 10.8. The van der Waals surface area contributed by atoms with Gasteiger partial charge >= 0.3 is 0 Å². The third-order valence-corrected chi connectivity index (χ3v) is 4.60. The van der Waals surface area contributed by atoms with Gasteiger partial charge in [-0.1, -0.05) is 12.1 Å². The Morgan fingerprint density at radius 3 is 2.36 bits per heavy atom. The highest BCUT2D eigenvalue weighted by molar-refractivity contribution is 7.92. The molecular weight excluding hydrogens is 344 g/mol. The van der Waals surface area contributed by atoms with Crippen molar-refractivity contribution in [3.05, 3.63) is 48.5 Å². The topological polar surface area (TPSA) is 93.7 Å². The second-order valence-corrected chi connectivity index (χ2v) is 6.65. The first-order valence-electron chi connectivity index (χ1n) is 7.64. The highest BCUT2D eigenvalue weighted by Crippen LogP contribution is 2.27. The third-order valence-electron chi connectivity index (χ3n) is 3.21. The van der Waals surface area contributed by atoms with Crippen LogP contribution in [0.1, 0.15) is 6.92 Å². The number of amides is 1. The highest BCUT2D eigenvalue weighted by atomic mass is 32.2. The van der Waals surface area contributed by atoms with Crippen molar-refractivity contribution >= 4 is 21.6 Å². The molecule has 0 radical (unpaired) electrons. The quantitative estimate of drug-likeness (QED) is 0.747. The predicted octanol–water partition coefficient (Wildman–Crippen LogP) is 2.01. The molecule has 134 valence electrons. The lowest BCUT2D eigenvalue weighted by Crippen LogP contribution is -2.24. The number of benzene rings is 2. The zero-order chi connectivity index (χ0) is 18.3. The van der Waals surface area contributed by atoms with E-state index in [0.717, 1.165) is 0 Å². The minimum absolute atomic E-state index is 0.0751. The molecule has 0 bridgehead atoms. The minimum Gasteiger partial charge on any atom is -0.492 e. The van der Waals surface area contributed by atoms with E-state index >= 15 is 0 Å². The first-order chi connectivity index (χ1) is 12.0. The van der Waals surface area contributed by atoms with Crippen LogP contribution in [0.3, 0.4) is 0 Å². The van der Waals surface area contributed by atoms with Gasteiger partial charge in [0, 0.05) is 7.05 Å². The van der Waals surface area contributed by atoms with Gasteiger partial charge in [0.25, 0.3) is 15.9 Å². The molecule has 2 N–H and O–H groups in total. The lowest BCUT2D eigenvalue weighted by Gasteiger charge is -2.13. The van der Waals surface area contributed by atoms with Gasteiger partial charge in [-0.2, -0.15) is 0 Å². The Balaban J connectivity index is 2.13. The number of sulfonamides is 1. The molecule has 7 nitrogen and oxygen atoms in total. The fourth-order valence-corrected chi connectivity index (χ4v) is 3.04. The first kappa shape index (κ1) is 18.6. The summed E-state index contributed by atoms with van der Waals surface area (Å²) in [7, 11) is -2.26. The van der Waals surface area contributed by atoms with Gasteiger partial charge in [0.1, 0.15) is 11.5 Å². The van der Waals surface area contributed by atoms with Gasteiger partial charge in [0.2, 0.25) is 0 Å². The van der Waals surface area contributed by atoms with Crippen LogP contribution in [-0.4, -0.2) is 34.6 Å². The minimum atomic E-state index is -3.77. The molecule has 0 aromatic heterocycles. The van der Waals surface area contributed by atoms with Gasteiger partial charge in [-0.15, -0.1) is 0 Å². The molecule has 0 aliphatic heterocycles. The Morgan fingerprint density at radius 1 is 1.04 bits per heavy atom. The summed E-state index contributed by atoms with van der Waals surface area (Å²) in [6.07, 6.45) is 0. The van der Waals surface area contributed by atoms with Crippen molar-refractivity contribution < 1.29 is 22.7 Å². The van der Waals surface area contributed by atoms with Crippen LogP contribution in [0, 0.1) is 0 Å². The van der Waals surface area contributed by atoms with Crippen LogP contribution in [0.2, 0.25) is 0 Å². The molecule has 0 fully saturated rings. The van der Waals surface area contributed by atoms with E-state index < -0.39 is 10.0 Å². The van der Waals surface area contributed by atoms with Gasteiger partial charge in [-0.05, 0) is 43.3 Å². The fraction of sp³-hybridized carbons (Fsp3) is 0.235. The maximum atomic E-state index is 12.5. The average molecular weight is 364 g/mol. The van der Waals surface area contributed by atoms with Crippen molar-refractivity contribution in [2.75, 3.05) is 25.0 Å². The molecule has 2 aromatic carbocycles. The molecule has 25 heavy (non-hydrogen) atoms. The number of carbonyl (C=O) groups excluding carboxylic acids is 1. The Morgan fingerprint density at radius 2 is 1.72 bits per heavy atom. The molecule has 0 heterocycles. The molecule has 0 saturated heterocycles. The Bertz CT molecular complexity index is 819. The molecule has 2 aromatic rings. The maximum Gasteiger partial charge on any atom is 0.262 e. The number of hydrogen-bond acceptors (Lipinski definition) is 5. The molecule has 1 amide bonds. The van der Waals surface area contributed by atoms with Gasteiger partial charge in [-0.3, -0.25) is 9.52 Å². The van der Waals surface area contributed by atoms with Crippen LogP contribution in [0.25, 0.3) is 0 Å². The van der Waals surface area contributed by atoms with Crippen molar-refractivity contribution in [2.45, 2.75) is 11.8 Å². The number of likely N-dealkylation sites (N-methyl/N-ethyl adjacent to an activating group) is 1. The van der Waals surface area contributed by atoms with Gasteiger partial charge in [0.05, 0.1) is 17.2 Å². The SMILES string of the molecule is CCOc1ccccc1NS(=O)(=O)c1ccc(OCC(=O)NC)cc1. The van der Waals surface area contributed by atoms with E-state index in [1.54, 1.807) is 24.3 Å². The van der Waals surface area contributed by atoms with E-state index in [9.17, 15) is 13.2 Å². The number of carbonyl (C=O) groups is 1. The van der Waals surface area contributed by atoms with Crippen molar-refractivity contribution in [3.8, 4) is 11.5 Å². The lowest BCUT2D eigenvalue weighted by atomic mass is 10.3. The molecule has 0 spiro atoms. The summed E-state index contributed by atoms with van der Waals surface area (Å²) in [5.41, 5.74) is 0.365. The van der Waals surface area contributed by atoms with E-state index in [1.807, 2.05) is 6.92 Å². The van der Waals surface area contributed by atoms with E-state index in [2.05, 4.69) is 10.0 Å². The second kappa shape index (κ2) is 8.39. The largest absolute Gasteiger partial charge is 0.492 e. The standard InChI is InChI=1S/C17H20N2O5S/c1-3-23-16-7-5-4-6-15(16)19-25(21,22)14-10-8-13(9-11-14)24-12-17(20)18-2/h4-11,19H,3,12H2,1-2H3,(H,18,20). The number of nitrogens with one attached hydrogen (secondary N) is 2. The van der Waals surface area contributed by atoms with E-state index in [-0.39, 0.29) is 17.4 Å². The van der Waals surface area contributed by atoms with E-state index in [4.69, 9.17) is 9.47 Å². The average Bonchev–Trinajstić information content (AvgIpc) is 2.61. The number of para-hydroxylation sites is 2. The summed E-state index contributed by atoms with van der Waals surface area (Å²) in [6, 6.07) is 12.6. The van der Waals surface area contributed by atoms with Crippen LogP contribution in [0.15, 0.2) is 53.4 Å². The van der Waals surface area contributed by atoms with E-state index in [1.165, 1.54) is 31.3 Å². The number of rotatable bonds is 8. The highest BCUT2D eigenvalue weighted by Gasteiger charge is 2.16. The summed E-state index contributed by atoms with van der Waals surface area (Å²) >= 11 is 0. The van der Waals surface area contributed by atoms with Crippen LogP contribution < -0.4 is 19.5 Å². The van der Waals surface area contributed by atoms with E-state index in [0.29, 0.717) is 23.8 Å².